The summed E-state index contributed by atoms with van der Waals surface area (Å²) < 4.78 is 6.55. The largest absolute Gasteiger partial charge is 0.426 e. The van der Waals surface area contributed by atoms with Gasteiger partial charge >= 0.3 is 5.97 Å². The van der Waals surface area contributed by atoms with Gasteiger partial charge in [0, 0.05) is 23.1 Å². The van der Waals surface area contributed by atoms with Crippen molar-refractivity contribution in [1.29, 1.82) is 0 Å². The van der Waals surface area contributed by atoms with Gasteiger partial charge in [-0.25, -0.2) is 4.90 Å². The zero-order chi connectivity index (χ0) is 25.6. The third-order valence-electron chi connectivity index (χ3n) is 8.89. The van der Waals surface area contributed by atoms with Crippen LogP contribution < -0.4 is 14.5 Å². The van der Waals surface area contributed by atoms with Crippen molar-refractivity contribution in [3.8, 4) is 5.75 Å². The van der Waals surface area contributed by atoms with Gasteiger partial charge in [-0.2, -0.15) is 0 Å². The molecular formula is C29H25BrN2O5. The molecule has 3 amide bonds. The predicted molar refractivity (Wildman–Crippen MR) is 139 cm³/mol. The van der Waals surface area contributed by atoms with Gasteiger partial charge in [-0.1, -0.05) is 28.1 Å². The SMILES string of the molecule is Cc1cc(OC(=O)[C@@H]2CC(=O)N(c3ccc(Br)cc3)C2)ccc1N1C(=O)[C@@H]2[C@H]3C=C[C@@H]([C@@H]4C[C@@H]34)[C@H]2C1=O. The van der Waals surface area contributed by atoms with Crippen LogP contribution in [0.1, 0.15) is 18.4 Å². The van der Waals surface area contributed by atoms with E-state index in [9.17, 15) is 19.2 Å². The van der Waals surface area contributed by atoms with Gasteiger partial charge in [-0.3, -0.25) is 19.2 Å². The number of benzene rings is 2. The number of esters is 1. The zero-order valence-corrected chi connectivity index (χ0v) is 21.8. The zero-order valence-electron chi connectivity index (χ0n) is 20.2. The quantitative estimate of drug-likeness (QED) is 0.241. The first kappa shape index (κ1) is 22.9. The van der Waals surface area contributed by atoms with Crippen molar-refractivity contribution in [1.82, 2.24) is 0 Å². The minimum Gasteiger partial charge on any atom is -0.426 e. The molecule has 2 aromatic rings. The number of carbonyl (C=O) groups is 4. The lowest BCUT2D eigenvalue weighted by Gasteiger charge is -2.37. The first-order chi connectivity index (χ1) is 17.8. The molecule has 4 fully saturated rings. The molecule has 8 rings (SSSR count). The van der Waals surface area contributed by atoms with Gasteiger partial charge in [0.2, 0.25) is 17.7 Å². The van der Waals surface area contributed by atoms with Crippen LogP contribution in [0, 0.1) is 48.3 Å². The fourth-order valence-electron chi connectivity index (χ4n) is 7.07. The van der Waals surface area contributed by atoms with Gasteiger partial charge < -0.3 is 9.64 Å². The number of allylic oxidation sites excluding steroid dienone is 2. The monoisotopic (exact) mass is 560 g/mol. The van der Waals surface area contributed by atoms with Gasteiger partial charge in [-0.05, 0) is 85.0 Å². The maximum Gasteiger partial charge on any atom is 0.316 e. The number of carbonyl (C=O) groups excluding carboxylic acids is 4. The van der Waals surface area contributed by atoms with Crippen LogP contribution in [0.15, 0.2) is 59.1 Å². The molecule has 2 bridgehead atoms. The Morgan fingerprint density at radius 2 is 1.59 bits per heavy atom. The van der Waals surface area contributed by atoms with Crippen LogP contribution in [0.25, 0.3) is 0 Å². The number of ether oxygens (including phenoxy) is 1. The normalized spacial score (nSPS) is 33.1. The highest BCUT2D eigenvalue weighted by Gasteiger charge is 2.67. The van der Waals surface area contributed by atoms with E-state index in [-0.39, 0.29) is 54.4 Å². The van der Waals surface area contributed by atoms with Crippen LogP contribution in [-0.2, 0) is 19.2 Å². The Hall–Kier alpha value is -3.26. The fourth-order valence-corrected chi connectivity index (χ4v) is 7.34. The highest BCUT2D eigenvalue weighted by atomic mass is 79.9. The third-order valence-corrected chi connectivity index (χ3v) is 9.42. The van der Waals surface area contributed by atoms with E-state index in [1.54, 1.807) is 23.1 Å². The van der Waals surface area contributed by atoms with Crippen LogP contribution in [-0.4, -0.2) is 30.2 Å². The minimum absolute atomic E-state index is 0.0872. The summed E-state index contributed by atoms with van der Waals surface area (Å²) in [5.74, 6) is -0.0952. The summed E-state index contributed by atoms with van der Waals surface area (Å²) in [7, 11) is 0. The molecule has 6 aliphatic rings. The maximum absolute atomic E-state index is 13.4. The molecule has 2 saturated carbocycles. The van der Waals surface area contributed by atoms with E-state index in [4.69, 9.17) is 4.74 Å². The molecule has 7 atom stereocenters. The van der Waals surface area contributed by atoms with Crippen molar-refractivity contribution in [2.45, 2.75) is 19.8 Å². The second-order valence-electron chi connectivity index (χ2n) is 10.9. The van der Waals surface area contributed by atoms with Gasteiger partial charge in [0.1, 0.15) is 5.75 Å². The van der Waals surface area contributed by atoms with Crippen molar-refractivity contribution in [3.05, 3.63) is 64.7 Å². The average Bonchev–Trinajstić information content (AvgIpc) is 3.56. The summed E-state index contributed by atoms with van der Waals surface area (Å²) >= 11 is 3.39. The maximum atomic E-state index is 13.4. The lowest BCUT2D eigenvalue weighted by atomic mass is 9.63. The molecule has 0 aromatic heterocycles. The number of aryl methyl sites for hydroxylation is 1. The molecule has 7 nitrogen and oxygen atoms in total. The Balaban J connectivity index is 1.06. The van der Waals surface area contributed by atoms with Crippen LogP contribution in [0.5, 0.6) is 5.75 Å². The van der Waals surface area contributed by atoms with E-state index in [0.717, 1.165) is 16.6 Å². The fraction of sp³-hybridized carbons (Fsp3) is 0.379. The second kappa shape index (κ2) is 8.12. The summed E-state index contributed by atoms with van der Waals surface area (Å²) in [5.41, 5.74) is 1.98. The van der Waals surface area contributed by atoms with Crippen LogP contribution >= 0.6 is 15.9 Å². The molecule has 188 valence electrons. The number of amides is 3. The van der Waals surface area contributed by atoms with Gasteiger partial charge in [0.25, 0.3) is 0 Å². The van der Waals surface area contributed by atoms with Crippen molar-refractivity contribution >= 4 is 51.0 Å². The first-order valence-electron chi connectivity index (χ1n) is 12.8. The topological polar surface area (TPSA) is 84.0 Å². The van der Waals surface area contributed by atoms with Crippen molar-refractivity contribution in [2.75, 3.05) is 16.3 Å². The number of hydrogen-bond acceptors (Lipinski definition) is 5. The van der Waals surface area contributed by atoms with E-state index in [1.807, 2.05) is 31.2 Å². The molecule has 37 heavy (non-hydrogen) atoms. The molecule has 2 aliphatic heterocycles. The Morgan fingerprint density at radius 3 is 2.22 bits per heavy atom. The van der Waals surface area contributed by atoms with Crippen molar-refractivity contribution in [3.63, 3.8) is 0 Å². The molecule has 0 unspecified atom stereocenters. The molecule has 0 N–H and O–H groups in total. The van der Waals surface area contributed by atoms with Crippen LogP contribution in [0.2, 0.25) is 0 Å². The molecule has 2 saturated heterocycles. The van der Waals surface area contributed by atoms with Crippen LogP contribution in [0.3, 0.4) is 0 Å². The molecule has 4 aliphatic carbocycles. The standard InChI is InChI=1S/C29H25BrN2O5/c1-14-10-18(37-29(36)15-11-24(33)31(13-15)17-4-2-16(30)3-5-17)6-9-23(14)32-27(34)25-19-7-8-20(22-12-21(19)22)26(25)28(32)35/h2-10,15,19-22,25-26H,11-13H2,1H3/t15-,19+,20+,21+,22+,25-,26-/m1/s1. The van der Waals surface area contributed by atoms with Crippen molar-refractivity contribution in [2.24, 2.45) is 41.4 Å². The minimum atomic E-state index is -0.574. The van der Waals surface area contributed by atoms with Gasteiger partial charge in [-0.15, -0.1) is 0 Å². The van der Waals surface area contributed by atoms with E-state index in [1.165, 1.54) is 4.90 Å². The molecule has 0 radical (unpaired) electrons. The highest BCUT2D eigenvalue weighted by Crippen LogP contribution is 2.65. The lowest BCUT2D eigenvalue weighted by molar-refractivity contribution is -0.139. The smallest absolute Gasteiger partial charge is 0.316 e. The summed E-state index contributed by atoms with van der Waals surface area (Å²) in [6, 6.07) is 12.4. The summed E-state index contributed by atoms with van der Waals surface area (Å²) in [6.07, 6.45) is 5.54. The van der Waals surface area contributed by atoms with E-state index < -0.39 is 11.9 Å². The van der Waals surface area contributed by atoms with E-state index in [0.29, 0.717) is 28.8 Å². The summed E-state index contributed by atoms with van der Waals surface area (Å²) in [6.45, 7) is 2.07. The number of hydrogen-bond donors (Lipinski definition) is 0. The lowest BCUT2D eigenvalue weighted by Crippen LogP contribution is -2.40. The predicted octanol–water partition coefficient (Wildman–Crippen LogP) is 4.27. The van der Waals surface area contributed by atoms with E-state index >= 15 is 0 Å². The summed E-state index contributed by atoms with van der Waals surface area (Å²) in [5, 5.41) is 0. The molecule has 0 spiro atoms. The Bertz CT molecular complexity index is 1370. The highest BCUT2D eigenvalue weighted by molar-refractivity contribution is 9.10. The number of halogens is 1. The summed E-state index contributed by atoms with van der Waals surface area (Å²) in [4.78, 5) is 55.3. The number of imide groups is 1. The van der Waals surface area contributed by atoms with Gasteiger partial charge in [0.15, 0.2) is 0 Å². The Morgan fingerprint density at radius 1 is 0.946 bits per heavy atom. The molecular weight excluding hydrogens is 536 g/mol. The number of anilines is 2. The third kappa shape index (κ3) is 3.45. The van der Waals surface area contributed by atoms with E-state index in [2.05, 4.69) is 28.1 Å². The Kier molecular flexibility index (Phi) is 5.02. The van der Waals surface area contributed by atoms with Crippen LogP contribution in [0.4, 0.5) is 11.4 Å². The second-order valence-corrected chi connectivity index (χ2v) is 11.8. The number of rotatable bonds is 4. The van der Waals surface area contributed by atoms with Crippen molar-refractivity contribution < 1.29 is 23.9 Å². The Labute approximate surface area is 222 Å². The van der Waals surface area contributed by atoms with Gasteiger partial charge in [0.05, 0.1) is 23.4 Å². The average molecular weight is 561 g/mol. The molecule has 2 heterocycles. The molecule has 8 heteroatoms. The molecule has 2 aromatic carbocycles. The number of nitrogens with zero attached hydrogens (tertiary/aromatic N) is 2. The first-order valence-corrected chi connectivity index (χ1v) is 13.6.